The Balaban J connectivity index is 1.34. The minimum Gasteiger partial charge on any atom is -0.366 e. The normalized spacial score (nSPS) is 30.5. The summed E-state index contributed by atoms with van der Waals surface area (Å²) in [6.07, 6.45) is 7.77. The molecule has 26 heavy (non-hydrogen) atoms. The molecule has 0 unspecified atom stereocenters. The monoisotopic (exact) mass is 348 g/mol. The number of ether oxygens (including phenoxy) is 1. The van der Waals surface area contributed by atoms with Crippen molar-refractivity contribution in [1.29, 1.82) is 0 Å². The molecule has 1 aromatic heterocycles. The number of benzene rings is 1. The molecular formula is C22H24N2O2. The van der Waals surface area contributed by atoms with E-state index in [0.29, 0.717) is 0 Å². The van der Waals surface area contributed by atoms with Crippen molar-refractivity contribution < 1.29 is 9.53 Å². The van der Waals surface area contributed by atoms with Gasteiger partial charge in [-0.1, -0.05) is 18.2 Å². The third-order valence-electron chi connectivity index (χ3n) is 6.48. The minimum atomic E-state index is -0.159. The number of carbonyl (C=O) groups is 1. The molecule has 4 nitrogen and oxygen atoms in total. The fraction of sp³-hybridized carbons (Fsp3) is 0.455. The van der Waals surface area contributed by atoms with Gasteiger partial charge in [0.25, 0.3) is 5.91 Å². The van der Waals surface area contributed by atoms with Gasteiger partial charge in [-0.15, -0.1) is 0 Å². The number of nitrogens with zero attached hydrogens (tertiary/aromatic N) is 1. The molecule has 4 heteroatoms. The number of aromatic nitrogens is 1. The van der Waals surface area contributed by atoms with Crippen molar-refractivity contribution in [2.45, 2.75) is 62.2 Å². The lowest BCUT2D eigenvalue weighted by Gasteiger charge is -2.51. The van der Waals surface area contributed by atoms with Crippen LogP contribution in [0.4, 0.5) is 0 Å². The van der Waals surface area contributed by atoms with E-state index in [0.717, 1.165) is 48.9 Å². The van der Waals surface area contributed by atoms with Crippen LogP contribution >= 0.6 is 0 Å². The Morgan fingerprint density at radius 2 is 2.04 bits per heavy atom. The van der Waals surface area contributed by atoms with Crippen LogP contribution in [-0.4, -0.2) is 27.6 Å². The average Bonchev–Trinajstić information content (AvgIpc) is 2.99. The smallest absolute Gasteiger partial charge is 0.251 e. The van der Waals surface area contributed by atoms with Gasteiger partial charge in [0.05, 0.1) is 16.7 Å². The molecule has 3 heterocycles. The molecule has 1 N–H and O–H groups in total. The van der Waals surface area contributed by atoms with Crippen LogP contribution in [0.3, 0.4) is 0 Å². The lowest BCUT2D eigenvalue weighted by Crippen LogP contribution is -2.67. The molecule has 0 radical (unpaired) electrons. The molecule has 1 amide bonds. The van der Waals surface area contributed by atoms with Crippen LogP contribution < -0.4 is 5.32 Å². The number of carbonyl (C=O) groups excluding carboxylic acids is 1. The second kappa shape index (κ2) is 5.40. The minimum absolute atomic E-state index is 0.0201. The Hall–Kier alpha value is -2.20. The second-order valence-electron chi connectivity index (χ2n) is 8.49. The van der Waals surface area contributed by atoms with E-state index in [4.69, 9.17) is 4.74 Å². The Kier molecular flexibility index (Phi) is 3.32. The van der Waals surface area contributed by atoms with Crippen molar-refractivity contribution in [3.63, 3.8) is 0 Å². The van der Waals surface area contributed by atoms with Gasteiger partial charge >= 0.3 is 0 Å². The van der Waals surface area contributed by atoms with Crippen molar-refractivity contribution in [1.82, 2.24) is 10.3 Å². The van der Waals surface area contributed by atoms with Gasteiger partial charge in [0.1, 0.15) is 0 Å². The Labute approximate surface area is 154 Å². The van der Waals surface area contributed by atoms with E-state index in [1.807, 2.05) is 36.4 Å². The van der Waals surface area contributed by atoms with Crippen LogP contribution in [0.5, 0.6) is 0 Å². The zero-order valence-electron chi connectivity index (χ0n) is 15.1. The third-order valence-corrected chi connectivity index (χ3v) is 6.48. The molecule has 2 aliphatic heterocycles. The quantitative estimate of drug-likeness (QED) is 0.918. The standard InChI is InChI=1S/C22H24N2O2/c1-20-14-21(15-20,22(26-20)9-5-10-22)24-19(25)17-7-4-6-16(12-17)13-18-8-2-3-11-23-18/h2-4,6-8,11-12H,5,9-10,13-15H2,1H3,(H,24,25). The lowest BCUT2D eigenvalue weighted by molar-refractivity contribution is -0.102. The molecular weight excluding hydrogens is 324 g/mol. The largest absolute Gasteiger partial charge is 0.366 e. The van der Waals surface area contributed by atoms with Gasteiger partial charge in [0.15, 0.2) is 0 Å². The second-order valence-corrected chi connectivity index (χ2v) is 8.49. The van der Waals surface area contributed by atoms with E-state index in [9.17, 15) is 4.79 Å². The van der Waals surface area contributed by atoms with Gasteiger partial charge in [0, 0.05) is 36.7 Å². The summed E-state index contributed by atoms with van der Waals surface area (Å²) in [5, 5.41) is 3.37. The van der Waals surface area contributed by atoms with Crippen LogP contribution in [-0.2, 0) is 11.2 Å². The van der Waals surface area contributed by atoms with Crippen LogP contribution in [0, 0.1) is 0 Å². The van der Waals surface area contributed by atoms with Gasteiger partial charge in [-0.2, -0.15) is 0 Å². The topological polar surface area (TPSA) is 51.2 Å². The maximum absolute atomic E-state index is 13.0. The summed E-state index contributed by atoms with van der Waals surface area (Å²) < 4.78 is 6.37. The lowest BCUT2D eigenvalue weighted by atomic mass is 9.57. The summed E-state index contributed by atoms with van der Waals surface area (Å²) in [4.78, 5) is 17.4. The molecule has 2 aliphatic carbocycles. The number of hydrogen-bond donors (Lipinski definition) is 1. The van der Waals surface area contributed by atoms with E-state index in [1.54, 1.807) is 6.20 Å². The first-order chi connectivity index (χ1) is 12.5. The van der Waals surface area contributed by atoms with Crippen molar-refractivity contribution in [2.24, 2.45) is 0 Å². The molecule has 2 bridgehead atoms. The van der Waals surface area contributed by atoms with Crippen molar-refractivity contribution in [3.8, 4) is 0 Å². The number of nitrogens with one attached hydrogen (secondary N) is 1. The van der Waals surface area contributed by atoms with Gasteiger partial charge < -0.3 is 10.1 Å². The van der Waals surface area contributed by atoms with E-state index in [1.165, 1.54) is 6.42 Å². The van der Waals surface area contributed by atoms with Gasteiger partial charge in [-0.3, -0.25) is 9.78 Å². The predicted octanol–water partition coefficient (Wildman–Crippen LogP) is 3.65. The summed E-state index contributed by atoms with van der Waals surface area (Å²) in [6.45, 7) is 2.18. The summed E-state index contributed by atoms with van der Waals surface area (Å²) in [6, 6.07) is 13.8. The van der Waals surface area contributed by atoms with E-state index < -0.39 is 0 Å². The number of amides is 1. The first-order valence-electron chi connectivity index (χ1n) is 9.53. The Morgan fingerprint density at radius 1 is 1.19 bits per heavy atom. The van der Waals surface area contributed by atoms with Gasteiger partial charge in [-0.25, -0.2) is 0 Å². The number of rotatable bonds is 4. The molecule has 1 spiro atoms. The number of hydrogen-bond acceptors (Lipinski definition) is 3. The summed E-state index contributed by atoms with van der Waals surface area (Å²) in [5.41, 5.74) is 2.54. The highest BCUT2D eigenvalue weighted by Gasteiger charge is 2.75. The first kappa shape index (κ1) is 16.0. The summed E-state index contributed by atoms with van der Waals surface area (Å²) >= 11 is 0. The molecule has 6 rings (SSSR count). The SMILES string of the molecule is CC12CC(NC(=O)c3cccc(Cc4ccccn4)c3)(C1)C1(CCC1)O2. The zero-order valence-corrected chi connectivity index (χ0v) is 15.1. The van der Waals surface area contributed by atoms with E-state index in [-0.39, 0.29) is 22.6 Å². The highest BCUT2D eigenvalue weighted by molar-refractivity contribution is 5.95. The van der Waals surface area contributed by atoms with Crippen molar-refractivity contribution >= 4 is 5.91 Å². The molecule has 4 fully saturated rings. The van der Waals surface area contributed by atoms with Crippen molar-refractivity contribution in [3.05, 3.63) is 65.5 Å². The molecule has 4 aliphatic rings. The Bertz CT molecular complexity index is 851. The first-order valence-corrected chi connectivity index (χ1v) is 9.53. The Morgan fingerprint density at radius 3 is 2.73 bits per heavy atom. The summed E-state index contributed by atoms with van der Waals surface area (Å²) in [5.74, 6) is 0.0201. The maximum Gasteiger partial charge on any atom is 0.251 e. The fourth-order valence-electron chi connectivity index (χ4n) is 5.29. The molecule has 2 aromatic rings. The van der Waals surface area contributed by atoms with Crippen LogP contribution in [0.15, 0.2) is 48.7 Å². The van der Waals surface area contributed by atoms with E-state index in [2.05, 4.69) is 23.3 Å². The molecule has 2 saturated heterocycles. The average molecular weight is 348 g/mol. The van der Waals surface area contributed by atoms with Gasteiger partial charge in [0.2, 0.25) is 0 Å². The molecule has 134 valence electrons. The zero-order chi connectivity index (χ0) is 17.8. The van der Waals surface area contributed by atoms with Crippen LogP contribution in [0.1, 0.15) is 60.6 Å². The predicted molar refractivity (Wildman–Crippen MR) is 99.0 cm³/mol. The third kappa shape index (κ3) is 2.32. The molecule has 2 saturated carbocycles. The van der Waals surface area contributed by atoms with Crippen molar-refractivity contribution in [2.75, 3.05) is 0 Å². The van der Waals surface area contributed by atoms with Crippen LogP contribution in [0.2, 0.25) is 0 Å². The van der Waals surface area contributed by atoms with Crippen LogP contribution in [0.25, 0.3) is 0 Å². The maximum atomic E-state index is 13.0. The molecule has 1 aromatic carbocycles. The van der Waals surface area contributed by atoms with E-state index >= 15 is 0 Å². The summed E-state index contributed by atoms with van der Waals surface area (Å²) in [7, 11) is 0. The number of pyridine rings is 1. The highest BCUT2D eigenvalue weighted by Crippen LogP contribution is 2.66. The fourth-order valence-corrected chi connectivity index (χ4v) is 5.29. The molecule has 0 atom stereocenters. The highest BCUT2D eigenvalue weighted by atomic mass is 16.5. The van der Waals surface area contributed by atoms with Gasteiger partial charge in [-0.05, 0) is 56.0 Å².